The Hall–Kier alpha value is -1.31. The van der Waals surface area contributed by atoms with E-state index < -0.39 is 9.84 Å². The van der Waals surface area contributed by atoms with Gasteiger partial charge in [-0.05, 0) is 18.7 Å². The summed E-state index contributed by atoms with van der Waals surface area (Å²) in [7, 11) is -3.20. The van der Waals surface area contributed by atoms with Gasteiger partial charge in [0.15, 0.2) is 9.84 Å². The smallest absolute Gasteiger partial charge is 0.175 e. The Kier molecular flexibility index (Phi) is 3.74. The van der Waals surface area contributed by atoms with Gasteiger partial charge in [0, 0.05) is 18.2 Å². The minimum atomic E-state index is -3.20. The van der Waals surface area contributed by atoms with Crippen LogP contribution in [0.4, 0.5) is 0 Å². The molecule has 0 atom stereocenters. The summed E-state index contributed by atoms with van der Waals surface area (Å²) in [6.07, 6.45) is 1.87. The highest BCUT2D eigenvalue weighted by molar-refractivity contribution is 7.90. The van der Waals surface area contributed by atoms with Gasteiger partial charge in [-0.15, -0.1) is 10.2 Å². The second kappa shape index (κ2) is 5.13. The normalized spacial score (nSPS) is 11.7. The molecule has 0 unspecified atom stereocenters. The Morgan fingerprint density at radius 1 is 1.33 bits per heavy atom. The van der Waals surface area contributed by atoms with Crippen molar-refractivity contribution in [3.8, 4) is 10.6 Å². The first-order valence-corrected chi connectivity index (χ1v) is 8.04. The fourth-order valence-corrected chi connectivity index (χ4v) is 2.97. The molecule has 2 rings (SSSR count). The van der Waals surface area contributed by atoms with Gasteiger partial charge in [0.05, 0.1) is 4.90 Å². The van der Waals surface area contributed by atoms with E-state index in [1.165, 1.54) is 17.6 Å². The van der Waals surface area contributed by atoms with Crippen LogP contribution in [0.5, 0.6) is 0 Å². The Labute approximate surface area is 110 Å². The summed E-state index contributed by atoms with van der Waals surface area (Å²) in [4.78, 5) is 0.288. The number of nitrogens with zero attached hydrogens (tertiary/aromatic N) is 2. The van der Waals surface area contributed by atoms with Gasteiger partial charge in [0.2, 0.25) is 0 Å². The molecule has 0 spiro atoms. The van der Waals surface area contributed by atoms with Gasteiger partial charge in [0.25, 0.3) is 0 Å². The van der Waals surface area contributed by atoms with Gasteiger partial charge >= 0.3 is 0 Å². The summed E-state index contributed by atoms with van der Waals surface area (Å²) in [5, 5.41) is 9.63. The first-order valence-electron chi connectivity index (χ1n) is 5.33. The maximum absolute atomic E-state index is 11.5. The van der Waals surface area contributed by atoms with Crippen molar-refractivity contribution in [3.05, 3.63) is 29.3 Å². The molecule has 7 heteroatoms. The first kappa shape index (κ1) is 13.1. The maximum Gasteiger partial charge on any atom is 0.175 e. The van der Waals surface area contributed by atoms with E-state index in [2.05, 4.69) is 10.2 Å². The zero-order valence-electron chi connectivity index (χ0n) is 9.83. The molecule has 0 saturated carbocycles. The molecule has 0 aliphatic rings. The van der Waals surface area contributed by atoms with Crippen molar-refractivity contribution in [2.75, 3.05) is 12.8 Å². The van der Waals surface area contributed by atoms with E-state index in [4.69, 9.17) is 5.73 Å². The van der Waals surface area contributed by atoms with E-state index in [-0.39, 0.29) is 4.90 Å². The van der Waals surface area contributed by atoms with Crippen molar-refractivity contribution in [1.29, 1.82) is 0 Å². The number of hydrogen-bond donors (Lipinski definition) is 1. The zero-order chi connectivity index (χ0) is 13.2. The van der Waals surface area contributed by atoms with Crippen molar-refractivity contribution >= 4 is 21.2 Å². The maximum atomic E-state index is 11.5. The fourth-order valence-electron chi connectivity index (χ4n) is 1.45. The van der Waals surface area contributed by atoms with Crippen LogP contribution < -0.4 is 5.73 Å². The number of sulfone groups is 1. The Balaban J connectivity index is 2.38. The third kappa shape index (κ3) is 2.92. The molecule has 1 aromatic heterocycles. The highest BCUT2D eigenvalue weighted by Crippen LogP contribution is 2.25. The van der Waals surface area contributed by atoms with Crippen molar-refractivity contribution < 1.29 is 8.42 Å². The van der Waals surface area contributed by atoms with E-state index in [0.29, 0.717) is 18.0 Å². The molecule has 2 N–H and O–H groups in total. The Morgan fingerprint density at radius 2 is 2.11 bits per heavy atom. The predicted molar refractivity (Wildman–Crippen MR) is 71.2 cm³/mol. The van der Waals surface area contributed by atoms with Gasteiger partial charge in [-0.1, -0.05) is 23.5 Å². The highest BCUT2D eigenvalue weighted by Gasteiger charge is 2.11. The molecule has 0 bridgehead atoms. The molecule has 0 fully saturated rings. The molecule has 1 aromatic carbocycles. The molecule has 0 radical (unpaired) electrons. The third-order valence-corrected chi connectivity index (χ3v) is 4.48. The molecule has 0 amide bonds. The minimum absolute atomic E-state index is 0.288. The molecule has 1 heterocycles. The third-order valence-electron chi connectivity index (χ3n) is 2.33. The summed E-state index contributed by atoms with van der Waals surface area (Å²) in [5.74, 6) is 0. The first-order chi connectivity index (χ1) is 8.50. The molecule has 0 aliphatic heterocycles. The van der Waals surface area contributed by atoms with Crippen LogP contribution in [0, 0.1) is 0 Å². The van der Waals surface area contributed by atoms with Gasteiger partial charge in [-0.3, -0.25) is 0 Å². The predicted octanol–water partition coefficient (Wildman–Crippen LogP) is 1.11. The van der Waals surface area contributed by atoms with Crippen LogP contribution in [0.25, 0.3) is 10.6 Å². The van der Waals surface area contributed by atoms with E-state index >= 15 is 0 Å². The highest BCUT2D eigenvalue weighted by atomic mass is 32.2. The number of nitrogens with two attached hydrogens (primary N) is 1. The lowest BCUT2D eigenvalue weighted by molar-refractivity contribution is 0.602. The molecular weight excluding hydrogens is 270 g/mol. The Bertz CT molecular complexity index is 650. The van der Waals surface area contributed by atoms with Crippen LogP contribution >= 0.6 is 11.3 Å². The zero-order valence-corrected chi connectivity index (χ0v) is 11.5. The second-order valence-corrected chi connectivity index (χ2v) is 6.92. The molecule has 5 nitrogen and oxygen atoms in total. The number of hydrogen-bond acceptors (Lipinski definition) is 6. The summed E-state index contributed by atoms with van der Waals surface area (Å²) in [6, 6.07) is 6.71. The van der Waals surface area contributed by atoms with E-state index in [9.17, 15) is 8.42 Å². The number of rotatable bonds is 4. The molecule has 0 aliphatic carbocycles. The van der Waals surface area contributed by atoms with Crippen LogP contribution in [0.15, 0.2) is 29.2 Å². The summed E-state index contributed by atoms with van der Waals surface area (Å²) >= 11 is 1.43. The lowest BCUT2D eigenvalue weighted by Crippen LogP contribution is -2.01. The van der Waals surface area contributed by atoms with Gasteiger partial charge < -0.3 is 5.73 Å². The van der Waals surface area contributed by atoms with Crippen molar-refractivity contribution in [2.24, 2.45) is 5.73 Å². The molecule has 18 heavy (non-hydrogen) atoms. The van der Waals surface area contributed by atoms with Crippen LogP contribution in [-0.4, -0.2) is 31.4 Å². The quantitative estimate of drug-likeness (QED) is 0.908. The fraction of sp³-hybridized carbons (Fsp3) is 0.273. The van der Waals surface area contributed by atoms with Crippen LogP contribution in [-0.2, 0) is 16.3 Å². The van der Waals surface area contributed by atoms with E-state index in [1.807, 2.05) is 6.07 Å². The van der Waals surface area contributed by atoms with Crippen LogP contribution in [0.3, 0.4) is 0 Å². The summed E-state index contributed by atoms with van der Waals surface area (Å²) in [6.45, 7) is 0.526. The van der Waals surface area contributed by atoms with Crippen molar-refractivity contribution in [3.63, 3.8) is 0 Å². The van der Waals surface area contributed by atoms with Crippen LogP contribution in [0.2, 0.25) is 0 Å². The Morgan fingerprint density at radius 3 is 2.78 bits per heavy atom. The lowest BCUT2D eigenvalue weighted by atomic mass is 10.2. The largest absolute Gasteiger partial charge is 0.330 e. The molecule has 2 aromatic rings. The number of aromatic nitrogens is 2. The summed E-state index contributed by atoms with van der Waals surface area (Å²) < 4.78 is 22.9. The van der Waals surface area contributed by atoms with Gasteiger partial charge in [-0.25, -0.2) is 8.42 Å². The van der Waals surface area contributed by atoms with Crippen molar-refractivity contribution in [1.82, 2.24) is 10.2 Å². The average molecular weight is 283 g/mol. The topological polar surface area (TPSA) is 85.9 Å². The standard InChI is InChI=1S/C11H13N3O2S2/c1-18(15,16)9-4-2-3-8(7-9)11-14-13-10(17-11)5-6-12/h2-4,7H,5-6,12H2,1H3. The average Bonchev–Trinajstić information content (AvgIpc) is 2.77. The monoisotopic (exact) mass is 283 g/mol. The SMILES string of the molecule is CS(=O)(=O)c1cccc(-c2nnc(CCN)s2)c1. The molecular formula is C11H13N3O2S2. The second-order valence-electron chi connectivity index (χ2n) is 3.84. The lowest BCUT2D eigenvalue weighted by Gasteiger charge is -2.00. The minimum Gasteiger partial charge on any atom is -0.330 e. The van der Waals surface area contributed by atoms with Crippen molar-refractivity contribution in [2.45, 2.75) is 11.3 Å². The van der Waals surface area contributed by atoms with E-state index in [0.717, 1.165) is 10.6 Å². The summed E-state index contributed by atoms with van der Waals surface area (Å²) in [5.41, 5.74) is 6.21. The van der Waals surface area contributed by atoms with Crippen LogP contribution in [0.1, 0.15) is 5.01 Å². The molecule has 96 valence electrons. The van der Waals surface area contributed by atoms with Gasteiger partial charge in [-0.2, -0.15) is 0 Å². The number of benzene rings is 1. The van der Waals surface area contributed by atoms with Gasteiger partial charge in [0.1, 0.15) is 10.0 Å². The molecule has 0 saturated heterocycles. The van der Waals surface area contributed by atoms with E-state index in [1.54, 1.807) is 18.2 Å².